The number of pyridine rings is 1. The number of carbonyl (C=O) groups excluding carboxylic acids is 1. The van der Waals surface area contributed by atoms with Crippen molar-refractivity contribution in [3.8, 4) is 5.69 Å². The molecule has 2 fully saturated rings. The number of hydrogen-bond donors (Lipinski definition) is 1. The maximum atomic E-state index is 14.3. The molecule has 6 nitrogen and oxygen atoms in total. The summed E-state index contributed by atoms with van der Waals surface area (Å²) in [4.78, 5) is 22.0. The van der Waals surface area contributed by atoms with Gasteiger partial charge < -0.3 is 19.7 Å². The highest BCUT2D eigenvalue weighted by Crippen LogP contribution is 2.35. The van der Waals surface area contributed by atoms with E-state index in [9.17, 15) is 9.18 Å². The lowest BCUT2D eigenvalue weighted by Crippen LogP contribution is -2.53. The number of carbonyl (C=O) groups is 1. The Balaban J connectivity index is 1.43. The summed E-state index contributed by atoms with van der Waals surface area (Å²) in [5, 5.41) is 4.68. The molecule has 1 aromatic carbocycles. The van der Waals surface area contributed by atoms with Crippen LogP contribution in [0.2, 0.25) is 0 Å². The van der Waals surface area contributed by atoms with E-state index in [1.807, 2.05) is 30.8 Å². The van der Waals surface area contributed by atoms with Gasteiger partial charge in [0.15, 0.2) is 0 Å². The van der Waals surface area contributed by atoms with E-state index in [2.05, 4.69) is 35.2 Å². The molecule has 0 bridgehead atoms. The number of nitrogens with one attached hydrogen (secondary N) is 1. The van der Waals surface area contributed by atoms with Gasteiger partial charge in [0.25, 0.3) is 5.91 Å². The number of halogens is 1. The van der Waals surface area contributed by atoms with Gasteiger partial charge in [-0.3, -0.25) is 9.78 Å². The number of rotatable bonds is 7. The lowest BCUT2D eigenvalue weighted by molar-refractivity contribution is 0.0397. The highest BCUT2D eigenvalue weighted by Gasteiger charge is 2.35. The van der Waals surface area contributed by atoms with E-state index >= 15 is 0 Å². The Morgan fingerprint density at radius 2 is 1.97 bits per heavy atom. The van der Waals surface area contributed by atoms with Crippen molar-refractivity contribution in [2.24, 2.45) is 11.3 Å². The van der Waals surface area contributed by atoms with E-state index in [0.717, 1.165) is 43.7 Å². The first-order chi connectivity index (χ1) is 17.6. The van der Waals surface area contributed by atoms with Crippen LogP contribution in [0.1, 0.15) is 55.1 Å². The Kier molecular flexibility index (Phi) is 7.12. The van der Waals surface area contributed by atoms with Gasteiger partial charge in [-0.2, -0.15) is 0 Å². The molecular formula is C30H40FN5O. The Morgan fingerprint density at radius 1 is 1.24 bits per heavy atom. The van der Waals surface area contributed by atoms with Crippen molar-refractivity contribution in [3.05, 3.63) is 59.3 Å². The molecule has 0 atom stereocenters. The molecule has 3 aromatic rings. The molecule has 2 aliphatic rings. The highest BCUT2D eigenvalue weighted by atomic mass is 19.1. The van der Waals surface area contributed by atoms with Crippen LogP contribution in [0.25, 0.3) is 16.6 Å². The highest BCUT2D eigenvalue weighted by molar-refractivity contribution is 5.99. The second-order valence-corrected chi connectivity index (χ2v) is 11.9. The summed E-state index contributed by atoms with van der Waals surface area (Å²) in [6.07, 6.45) is 9.40. The monoisotopic (exact) mass is 505 g/mol. The van der Waals surface area contributed by atoms with Crippen molar-refractivity contribution in [1.82, 2.24) is 24.7 Å². The van der Waals surface area contributed by atoms with Gasteiger partial charge in [0.05, 0.1) is 23.0 Å². The molecular weight excluding hydrogens is 465 g/mol. The number of aryl methyl sites for hydroxylation is 1. The molecule has 1 amide bonds. The second kappa shape index (κ2) is 10.2. The maximum absolute atomic E-state index is 14.3. The van der Waals surface area contributed by atoms with Gasteiger partial charge in [0, 0.05) is 50.5 Å². The molecule has 4 heterocycles. The molecule has 2 aromatic heterocycles. The van der Waals surface area contributed by atoms with Gasteiger partial charge >= 0.3 is 0 Å². The normalized spacial score (nSPS) is 18.4. The van der Waals surface area contributed by atoms with Crippen LogP contribution in [-0.2, 0) is 6.42 Å². The lowest BCUT2D eigenvalue weighted by Gasteiger charge is -2.46. The van der Waals surface area contributed by atoms with Crippen LogP contribution >= 0.6 is 0 Å². The summed E-state index contributed by atoms with van der Waals surface area (Å²) in [6.45, 7) is 14.1. The van der Waals surface area contributed by atoms with E-state index in [-0.39, 0.29) is 11.9 Å². The maximum Gasteiger partial charge on any atom is 0.256 e. The Labute approximate surface area is 219 Å². The summed E-state index contributed by atoms with van der Waals surface area (Å²) in [5.41, 5.74) is 4.83. The molecule has 0 radical (unpaired) electrons. The topological polar surface area (TPSA) is 53.4 Å². The minimum absolute atomic E-state index is 0.0122. The minimum Gasteiger partial charge on any atom is -0.339 e. The Hall–Kier alpha value is -2.77. The molecule has 0 unspecified atom stereocenters. The fraction of sp³-hybridized carbons (Fsp3) is 0.533. The molecule has 5 rings (SSSR count). The van der Waals surface area contributed by atoms with Crippen molar-refractivity contribution in [1.29, 1.82) is 0 Å². The summed E-state index contributed by atoms with van der Waals surface area (Å²) in [7, 11) is 1.76. The number of nitrogens with zero attached hydrogens (tertiary/aromatic N) is 4. The third-order valence-corrected chi connectivity index (χ3v) is 8.48. The zero-order chi connectivity index (χ0) is 26.3. The molecule has 0 aliphatic carbocycles. The van der Waals surface area contributed by atoms with Crippen LogP contribution in [0.3, 0.4) is 0 Å². The fourth-order valence-electron chi connectivity index (χ4n) is 6.08. The molecule has 0 saturated carbocycles. The zero-order valence-electron chi connectivity index (χ0n) is 22.9. The van der Waals surface area contributed by atoms with E-state index in [1.54, 1.807) is 18.0 Å². The van der Waals surface area contributed by atoms with Gasteiger partial charge in [-0.15, -0.1) is 0 Å². The van der Waals surface area contributed by atoms with Crippen molar-refractivity contribution in [2.75, 3.05) is 39.8 Å². The second-order valence-electron chi connectivity index (χ2n) is 11.9. The van der Waals surface area contributed by atoms with E-state index in [0.29, 0.717) is 22.6 Å². The smallest absolute Gasteiger partial charge is 0.256 e. The van der Waals surface area contributed by atoms with Crippen LogP contribution in [0, 0.1) is 24.1 Å². The van der Waals surface area contributed by atoms with Crippen molar-refractivity contribution < 1.29 is 9.18 Å². The summed E-state index contributed by atoms with van der Waals surface area (Å²) < 4.78 is 16.4. The number of hydrogen-bond acceptors (Lipinski definition) is 4. The molecule has 198 valence electrons. The number of fused-ring (bicyclic) bond motifs is 1. The first-order valence-electron chi connectivity index (χ1n) is 13.6. The van der Waals surface area contributed by atoms with Crippen LogP contribution < -0.4 is 5.32 Å². The summed E-state index contributed by atoms with van der Waals surface area (Å²) >= 11 is 0. The van der Waals surface area contributed by atoms with Gasteiger partial charge in [0.1, 0.15) is 5.82 Å². The van der Waals surface area contributed by atoms with Gasteiger partial charge in [0.2, 0.25) is 0 Å². The van der Waals surface area contributed by atoms with Crippen molar-refractivity contribution in [2.45, 2.75) is 53.0 Å². The van der Waals surface area contributed by atoms with Crippen LogP contribution in [0.4, 0.5) is 4.39 Å². The molecule has 37 heavy (non-hydrogen) atoms. The summed E-state index contributed by atoms with van der Waals surface area (Å²) in [6, 6.07) is 4.52. The largest absolute Gasteiger partial charge is 0.339 e. The SMILES string of the molecule is Cc1cncc2c1c(CC1CN(CC3(C)CCNCC3)C1)cn2-c1ccc(F)cc1C(=O)N(C)C(C)C. The van der Waals surface area contributed by atoms with E-state index in [1.165, 1.54) is 42.5 Å². The number of likely N-dealkylation sites (tertiary alicyclic amines) is 1. The van der Waals surface area contributed by atoms with Gasteiger partial charge in [-0.05, 0) is 93.8 Å². The zero-order valence-corrected chi connectivity index (χ0v) is 22.9. The molecule has 0 spiro atoms. The standard InChI is InChI=1S/C30H40FN5O/c1-20(2)34(5)29(37)25-13-24(31)6-7-26(25)36-18-23(28-21(3)14-33-15-27(28)36)12-22-16-35(17-22)19-30(4)8-10-32-11-9-30/h6-7,13-15,18,20,22,32H,8-12,16-17,19H2,1-5H3. The predicted molar refractivity (Wildman–Crippen MR) is 147 cm³/mol. The molecule has 2 saturated heterocycles. The van der Waals surface area contributed by atoms with Gasteiger partial charge in [-0.1, -0.05) is 6.92 Å². The molecule has 2 aliphatic heterocycles. The fourth-order valence-corrected chi connectivity index (χ4v) is 6.08. The minimum atomic E-state index is -0.410. The van der Waals surface area contributed by atoms with E-state index < -0.39 is 5.82 Å². The molecule has 1 N–H and O–H groups in total. The lowest BCUT2D eigenvalue weighted by atomic mass is 9.79. The number of amides is 1. The average molecular weight is 506 g/mol. The number of benzene rings is 1. The average Bonchev–Trinajstić information content (AvgIpc) is 3.21. The number of piperidine rings is 1. The first kappa shape index (κ1) is 25.9. The number of aromatic nitrogens is 2. The Morgan fingerprint density at radius 3 is 2.68 bits per heavy atom. The van der Waals surface area contributed by atoms with Gasteiger partial charge in [-0.25, -0.2) is 4.39 Å². The van der Waals surface area contributed by atoms with Crippen molar-refractivity contribution in [3.63, 3.8) is 0 Å². The van der Waals surface area contributed by atoms with Crippen LogP contribution in [-0.4, -0.2) is 71.1 Å². The third kappa shape index (κ3) is 5.16. The van der Waals surface area contributed by atoms with Crippen LogP contribution in [0.15, 0.2) is 36.8 Å². The van der Waals surface area contributed by atoms with E-state index in [4.69, 9.17) is 0 Å². The van der Waals surface area contributed by atoms with Crippen LogP contribution in [0.5, 0.6) is 0 Å². The summed E-state index contributed by atoms with van der Waals surface area (Å²) in [5.74, 6) is 0.0140. The quantitative estimate of drug-likeness (QED) is 0.500. The molecule has 7 heteroatoms. The first-order valence-corrected chi connectivity index (χ1v) is 13.6. The third-order valence-electron chi connectivity index (χ3n) is 8.48. The Bertz CT molecular complexity index is 1290. The predicted octanol–water partition coefficient (Wildman–Crippen LogP) is 4.82. The van der Waals surface area contributed by atoms with Crippen molar-refractivity contribution >= 4 is 16.8 Å².